The maximum absolute atomic E-state index is 11.2. The quantitative estimate of drug-likeness (QED) is 0.484. The first-order valence-electron chi connectivity index (χ1n) is 3.80. The van der Waals surface area contributed by atoms with Gasteiger partial charge in [0.2, 0.25) is 0 Å². The van der Waals surface area contributed by atoms with Crippen LogP contribution >= 0.6 is 0 Å². The fourth-order valence-electron chi connectivity index (χ4n) is 1.73. The van der Waals surface area contributed by atoms with E-state index in [9.17, 15) is 8.42 Å². The van der Waals surface area contributed by atoms with Gasteiger partial charge in [-0.05, 0) is 6.42 Å². The molecule has 0 radical (unpaired) electrons. The number of guanidine groups is 1. The summed E-state index contributed by atoms with van der Waals surface area (Å²) < 4.78 is 22.3. The Balaban J connectivity index is 2.19. The molecule has 1 spiro atoms. The molecule has 12 heavy (non-hydrogen) atoms. The minimum atomic E-state index is -2.85. The summed E-state index contributed by atoms with van der Waals surface area (Å²) in [6.45, 7) is 0.498. The number of hydrogen-bond donors (Lipinski definition) is 2. The SMILES string of the molecule is NC1=NCC2(CCS(=O)(=O)C2)N1. The number of rotatable bonds is 0. The van der Waals surface area contributed by atoms with Gasteiger partial charge in [-0.3, -0.25) is 4.99 Å². The van der Waals surface area contributed by atoms with Gasteiger partial charge in [-0.15, -0.1) is 0 Å². The van der Waals surface area contributed by atoms with Crippen LogP contribution in [0.1, 0.15) is 6.42 Å². The second-order valence-electron chi connectivity index (χ2n) is 3.45. The monoisotopic (exact) mass is 189 g/mol. The molecule has 2 rings (SSSR count). The van der Waals surface area contributed by atoms with E-state index in [0.717, 1.165) is 0 Å². The van der Waals surface area contributed by atoms with Crippen molar-refractivity contribution in [2.24, 2.45) is 10.7 Å². The van der Waals surface area contributed by atoms with Crippen molar-refractivity contribution in [1.82, 2.24) is 5.32 Å². The smallest absolute Gasteiger partial charge is 0.189 e. The van der Waals surface area contributed by atoms with Crippen molar-refractivity contribution in [3.8, 4) is 0 Å². The number of nitrogens with one attached hydrogen (secondary N) is 1. The molecule has 0 aromatic rings. The van der Waals surface area contributed by atoms with Gasteiger partial charge >= 0.3 is 0 Å². The Hall–Kier alpha value is -0.780. The summed E-state index contributed by atoms with van der Waals surface area (Å²) in [4.78, 5) is 3.96. The van der Waals surface area contributed by atoms with Crippen LogP contribution < -0.4 is 11.1 Å². The molecule has 3 N–H and O–H groups in total. The molecule has 0 saturated carbocycles. The van der Waals surface area contributed by atoms with E-state index in [1.54, 1.807) is 0 Å². The van der Waals surface area contributed by atoms with Crippen LogP contribution in [0.2, 0.25) is 0 Å². The van der Waals surface area contributed by atoms with Gasteiger partial charge in [-0.1, -0.05) is 0 Å². The number of nitrogens with two attached hydrogens (primary N) is 1. The second kappa shape index (κ2) is 2.12. The lowest BCUT2D eigenvalue weighted by Gasteiger charge is -2.20. The minimum absolute atomic E-state index is 0.171. The zero-order chi connectivity index (χ0) is 8.82. The van der Waals surface area contributed by atoms with Crippen LogP contribution in [0, 0.1) is 0 Å². The van der Waals surface area contributed by atoms with Gasteiger partial charge in [0.25, 0.3) is 0 Å². The Morgan fingerprint density at radius 1 is 1.58 bits per heavy atom. The molecule has 2 heterocycles. The molecule has 0 aromatic heterocycles. The highest BCUT2D eigenvalue weighted by Crippen LogP contribution is 2.25. The fourth-order valence-corrected chi connectivity index (χ4v) is 3.72. The van der Waals surface area contributed by atoms with E-state index in [-0.39, 0.29) is 17.0 Å². The molecular weight excluding hydrogens is 178 g/mol. The van der Waals surface area contributed by atoms with Crippen LogP contribution in [-0.4, -0.2) is 38.0 Å². The van der Waals surface area contributed by atoms with Gasteiger partial charge in [0, 0.05) is 0 Å². The predicted molar refractivity (Wildman–Crippen MR) is 45.6 cm³/mol. The summed E-state index contributed by atoms with van der Waals surface area (Å²) in [7, 11) is -2.85. The Labute approximate surface area is 71.0 Å². The summed E-state index contributed by atoms with van der Waals surface area (Å²) in [6.07, 6.45) is 0.625. The average Bonchev–Trinajstić information content (AvgIpc) is 2.41. The van der Waals surface area contributed by atoms with Crippen LogP contribution in [0.15, 0.2) is 4.99 Å². The third-order valence-electron chi connectivity index (χ3n) is 2.33. The van der Waals surface area contributed by atoms with Crippen LogP contribution in [0.25, 0.3) is 0 Å². The van der Waals surface area contributed by atoms with Crippen LogP contribution in [0.3, 0.4) is 0 Å². The Kier molecular flexibility index (Phi) is 1.39. The lowest BCUT2D eigenvalue weighted by Crippen LogP contribution is -2.48. The first-order valence-corrected chi connectivity index (χ1v) is 5.62. The van der Waals surface area contributed by atoms with Crippen LogP contribution in [0.5, 0.6) is 0 Å². The zero-order valence-corrected chi connectivity index (χ0v) is 7.39. The molecule has 1 unspecified atom stereocenters. The minimum Gasteiger partial charge on any atom is -0.370 e. The van der Waals surface area contributed by atoms with Crippen molar-refractivity contribution in [3.05, 3.63) is 0 Å². The van der Waals surface area contributed by atoms with Gasteiger partial charge < -0.3 is 11.1 Å². The third kappa shape index (κ3) is 1.16. The molecular formula is C6H11N3O2S. The lowest BCUT2D eigenvalue weighted by atomic mass is 10.0. The highest BCUT2D eigenvalue weighted by atomic mass is 32.2. The standard InChI is InChI=1S/C6H11N3O2S/c7-5-8-3-6(9-5)1-2-12(10,11)4-6/h1-4H2,(H3,7,8,9). The first kappa shape index (κ1) is 7.85. The summed E-state index contributed by atoms with van der Waals surface area (Å²) in [6, 6.07) is 0. The Morgan fingerprint density at radius 2 is 2.33 bits per heavy atom. The number of sulfone groups is 1. The van der Waals surface area contributed by atoms with Crippen molar-refractivity contribution in [2.45, 2.75) is 12.0 Å². The van der Waals surface area contributed by atoms with E-state index in [4.69, 9.17) is 5.73 Å². The number of aliphatic imine (C=N–C) groups is 1. The summed E-state index contributed by atoms with van der Waals surface area (Å²) >= 11 is 0. The molecule has 0 bridgehead atoms. The highest BCUT2D eigenvalue weighted by molar-refractivity contribution is 7.91. The highest BCUT2D eigenvalue weighted by Gasteiger charge is 2.44. The normalized spacial score (nSPS) is 38.2. The van der Waals surface area contributed by atoms with E-state index in [2.05, 4.69) is 10.3 Å². The van der Waals surface area contributed by atoms with Crippen molar-refractivity contribution in [3.63, 3.8) is 0 Å². The maximum Gasteiger partial charge on any atom is 0.189 e. The molecule has 2 aliphatic heterocycles. The predicted octanol–water partition coefficient (Wildman–Crippen LogP) is -1.54. The van der Waals surface area contributed by atoms with Gasteiger partial charge in [0.05, 0.1) is 23.6 Å². The Bertz CT molecular complexity index is 335. The summed E-state index contributed by atoms with van der Waals surface area (Å²) in [5.41, 5.74) is 5.05. The van der Waals surface area contributed by atoms with Gasteiger partial charge in [0.1, 0.15) is 0 Å². The summed E-state index contributed by atoms with van der Waals surface area (Å²) in [5, 5.41) is 2.93. The first-order chi connectivity index (χ1) is 5.52. The van der Waals surface area contributed by atoms with E-state index in [1.807, 2.05) is 0 Å². The van der Waals surface area contributed by atoms with Gasteiger partial charge in [-0.2, -0.15) is 0 Å². The third-order valence-corrected chi connectivity index (χ3v) is 4.15. The molecule has 0 amide bonds. The molecule has 2 aliphatic rings. The van der Waals surface area contributed by atoms with Crippen molar-refractivity contribution in [1.29, 1.82) is 0 Å². The molecule has 0 aliphatic carbocycles. The van der Waals surface area contributed by atoms with Crippen molar-refractivity contribution in [2.75, 3.05) is 18.1 Å². The molecule has 1 fully saturated rings. The molecule has 5 nitrogen and oxygen atoms in total. The van der Waals surface area contributed by atoms with E-state index in [0.29, 0.717) is 18.9 Å². The summed E-state index contributed by atoms with van der Waals surface area (Å²) in [5.74, 6) is 0.791. The van der Waals surface area contributed by atoms with E-state index in [1.165, 1.54) is 0 Å². The molecule has 1 atom stereocenters. The topological polar surface area (TPSA) is 84.5 Å². The van der Waals surface area contributed by atoms with Crippen LogP contribution in [-0.2, 0) is 9.84 Å². The fraction of sp³-hybridized carbons (Fsp3) is 0.833. The average molecular weight is 189 g/mol. The molecule has 6 heteroatoms. The number of hydrogen-bond acceptors (Lipinski definition) is 5. The largest absolute Gasteiger partial charge is 0.370 e. The lowest BCUT2D eigenvalue weighted by molar-refractivity contribution is 0.466. The molecule has 0 aromatic carbocycles. The van der Waals surface area contributed by atoms with E-state index < -0.39 is 9.84 Å². The zero-order valence-electron chi connectivity index (χ0n) is 6.58. The molecule has 68 valence electrons. The maximum atomic E-state index is 11.2. The Morgan fingerprint density at radius 3 is 2.75 bits per heavy atom. The van der Waals surface area contributed by atoms with Crippen molar-refractivity contribution < 1.29 is 8.42 Å². The number of nitrogens with zero attached hydrogens (tertiary/aromatic N) is 1. The molecule has 1 saturated heterocycles. The second-order valence-corrected chi connectivity index (χ2v) is 5.63. The van der Waals surface area contributed by atoms with Gasteiger partial charge in [-0.25, -0.2) is 8.42 Å². The van der Waals surface area contributed by atoms with E-state index >= 15 is 0 Å². The van der Waals surface area contributed by atoms with Crippen LogP contribution in [0.4, 0.5) is 0 Å². The van der Waals surface area contributed by atoms with Gasteiger partial charge in [0.15, 0.2) is 15.8 Å². The van der Waals surface area contributed by atoms with Crippen molar-refractivity contribution >= 4 is 15.8 Å².